The summed E-state index contributed by atoms with van der Waals surface area (Å²) >= 11 is 0. The molecule has 0 amide bonds. The van der Waals surface area contributed by atoms with Gasteiger partial charge in [-0.25, -0.2) is 0 Å². The van der Waals surface area contributed by atoms with Gasteiger partial charge in [0.25, 0.3) is 0 Å². The molecular weight excluding hydrogens is 351 g/mol. The van der Waals surface area contributed by atoms with E-state index in [0.717, 1.165) is 11.3 Å². The molecule has 146 valence electrons. The SMILES string of the molecule is Cc1cc(C)c(B2OC(c3ccc(C(C)(C)C)cc3)=Cc3ccccc32)c(C)c1. The normalized spacial score (nSPS) is 13.6. The molecular formula is C27H29BO. The Hall–Kier alpha value is -2.74. The van der Waals surface area contributed by atoms with Crippen LogP contribution in [-0.4, -0.2) is 6.92 Å². The molecule has 0 aliphatic carbocycles. The van der Waals surface area contributed by atoms with Crippen molar-refractivity contribution in [3.63, 3.8) is 0 Å². The fraction of sp³-hybridized carbons (Fsp3) is 0.259. The van der Waals surface area contributed by atoms with Crippen molar-refractivity contribution in [2.75, 3.05) is 0 Å². The predicted octanol–water partition coefficient (Wildman–Crippen LogP) is 5.54. The highest BCUT2D eigenvalue weighted by molar-refractivity contribution is 6.82. The van der Waals surface area contributed by atoms with Gasteiger partial charge < -0.3 is 4.65 Å². The fourth-order valence-corrected chi connectivity index (χ4v) is 4.35. The van der Waals surface area contributed by atoms with E-state index in [1.54, 1.807) is 0 Å². The first kappa shape index (κ1) is 19.6. The highest BCUT2D eigenvalue weighted by atomic mass is 16.4. The van der Waals surface area contributed by atoms with Crippen molar-refractivity contribution in [3.8, 4) is 0 Å². The van der Waals surface area contributed by atoms with Crippen LogP contribution in [0.1, 0.15) is 54.2 Å². The van der Waals surface area contributed by atoms with E-state index in [2.05, 4.69) is 108 Å². The Kier molecular flexibility index (Phi) is 4.90. The first-order valence-electron chi connectivity index (χ1n) is 10.4. The molecule has 1 aliphatic rings. The van der Waals surface area contributed by atoms with E-state index in [-0.39, 0.29) is 12.3 Å². The van der Waals surface area contributed by atoms with Crippen LogP contribution in [0.25, 0.3) is 11.8 Å². The Morgan fingerprint density at radius 1 is 0.793 bits per heavy atom. The zero-order valence-corrected chi connectivity index (χ0v) is 18.3. The van der Waals surface area contributed by atoms with E-state index in [9.17, 15) is 0 Å². The molecule has 29 heavy (non-hydrogen) atoms. The summed E-state index contributed by atoms with van der Waals surface area (Å²) in [6, 6.07) is 21.9. The predicted molar refractivity (Wildman–Crippen MR) is 126 cm³/mol. The maximum Gasteiger partial charge on any atom is 0.427 e. The average Bonchev–Trinajstić information content (AvgIpc) is 2.66. The van der Waals surface area contributed by atoms with Gasteiger partial charge in [0, 0.05) is 5.56 Å². The summed E-state index contributed by atoms with van der Waals surface area (Å²) < 4.78 is 6.67. The van der Waals surface area contributed by atoms with Gasteiger partial charge in [-0.15, -0.1) is 0 Å². The smallest absolute Gasteiger partial charge is 0.427 e. The molecule has 2 heteroatoms. The first-order chi connectivity index (χ1) is 13.7. The third-order valence-electron chi connectivity index (χ3n) is 5.85. The van der Waals surface area contributed by atoms with Crippen molar-refractivity contribution >= 4 is 29.7 Å². The second kappa shape index (κ2) is 7.26. The second-order valence-electron chi connectivity index (χ2n) is 9.28. The lowest BCUT2D eigenvalue weighted by molar-refractivity contribution is 0.548. The lowest BCUT2D eigenvalue weighted by Gasteiger charge is -2.28. The van der Waals surface area contributed by atoms with Crippen LogP contribution >= 0.6 is 0 Å². The second-order valence-corrected chi connectivity index (χ2v) is 9.28. The highest BCUT2D eigenvalue weighted by Gasteiger charge is 2.32. The Morgan fingerprint density at radius 2 is 1.41 bits per heavy atom. The number of hydrogen-bond donors (Lipinski definition) is 0. The number of hydrogen-bond acceptors (Lipinski definition) is 1. The summed E-state index contributed by atoms with van der Waals surface area (Å²) in [6.45, 7) is 13.2. The van der Waals surface area contributed by atoms with Crippen molar-refractivity contribution in [1.29, 1.82) is 0 Å². The molecule has 0 radical (unpaired) electrons. The number of rotatable bonds is 2. The van der Waals surface area contributed by atoms with Gasteiger partial charge in [0.1, 0.15) is 5.76 Å². The van der Waals surface area contributed by atoms with E-state index in [4.69, 9.17) is 4.65 Å². The van der Waals surface area contributed by atoms with Crippen molar-refractivity contribution in [2.24, 2.45) is 0 Å². The Labute approximate surface area is 175 Å². The van der Waals surface area contributed by atoms with Crippen molar-refractivity contribution in [2.45, 2.75) is 47.0 Å². The molecule has 3 aromatic rings. The fourth-order valence-electron chi connectivity index (χ4n) is 4.35. The Bertz CT molecular complexity index is 1060. The van der Waals surface area contributed by atoms with Gasteiger partial charge in [-0.1, -0.05) is 98.1 Å². The molecule has 4 rings (SSSR count). The maximum absolute atomic E-state index is 6.67. The quantitative estimate of drug-likeness (QED) is 0.530. The summed E-state index contributed by atoms with van der Waals surface area (Å²) in [7, 11) is 0. The van der Waals surface area contributed by atoms with E-state index in [0.29, 0.717) is 0 Å². The molecule has 1 aliphatic heterocycles. The van der Waals surface area contributed by atoms with E-state index < -0.39 is 0 Å². The molecule has 0 fully saturated rings. The van der Waals surface area contributed by atoms with Gasteiger partial charge in [-0.2, -0.15) is 0 Å². The van der Waals surface area contributed by atoms with Crippen LogP contribution in [0.3, 0.4) is 0 Å². The van der Waals surface area contributed by atoms with Crippen LogP contribution in [0.5, 0.6) is 0 Å². The molecule has 0 saturated heterocycles. The van der Waals surface area contributed by atoms with Crippen LogP contribution in [0.2, 0.25) is 0 Å². The van der Waals surface area contributed by atoms with E-state index in [1.807, 2.05) is 0 Å². The minimum Gasteiger partial charge on any atom is -0.551 e. The molecule has 0 spiro atoms. The summed E-state index contributed by atoms with van der Waals surface area (Å²) in [5, 5.41) is 0. The monoisotopic (exact) mass is 380 g/mol. The van der Waals surface area contributed by atoms with Crippen LogP contribution < -0.4 is 10.9 Å². The zero-order valence-electron chi connectivity index (χ0n) is 18.3. The van der Waals surface area contributed by atoms with Gasteiger partial charge in [0.05, 0.1) is 0 Å². The Morgan fingerprint density at radius 3 is 2.03 bits per heavy atom. The van der Waals surface area contributed by atoms with Crippen LogP contribution in [0, 0.1) is 20.8 Å². The molecule has 0 saturated carbocycles. The largest absolute Gasteiger partial charge is 0.551 e. The van der Waals surface area contributed by atoms with Crippen molar-refractivity contribution in [3.05, 3.63) is 94.0 Å². The lowest BCUT2D eigenvalue weighted by atomic mass is 9.51. The lowest BCUT2D eigenvalue weighted by Crippen LogP contribution is -2.49. The van der Waals surface area contributed by atoms with Gasteiger partial charge >= 0.3 is 6.92 Å². The Balaban J connectivity index is 1.81. The minimum atomic E-state index is -0.0888. The van der Waals surface area contributed by atoms with Crippen molar-refractivity contribution in [1.82, 2.24) is 0 Å². The topological polar surface area (TPSA) is 9.23 Å². The zero-order chi connectivity index (χ0) is 20.8. The number of fused-ring (bicyclic) bond motifs is 1. The summed E-state index contributed by atoms with van der Waals surface area (Å²) in [6.07, 6.45) is 2.18. The average molecular weight is 380 g/mol. The highest BCUT2D eigenvalue weighted by Crippen LogP contribution is 2.28. The first-order valence-corrected chi connectivity index (χ1v) is 10.4. The number of aryl methyl sites for hydroxylation is 3. The molecule has 1 nitrogen and oxygen atoms in total. The van der Waals surface area contributed by atoms with Crippen LogP contribution in [0.4, 0.5) is 0 Å². The van der Waals surface area contributed by atoms with E-state index >= 15 is 0 Å². The molecule has 1 heterocycles. The number of benzene rings is 3. The molecule has 0 unspecified atom stereocenters. The van der Waals surface area contributed by atoms with E-state index in [1.165, 1.54) is 38.7 Å². The van der Waals surface area contributed by atoms with Gasteiger partial charge in [0.2, 0.25) is 0 Å². The third-order valence-corrected chi connectivity index (χ3v) is 5.85. The third kappa shape index (κ3) is 3.77. The van der Waals surface area contributed by atoms with Crippen LogP contribution in [0.15, 0.2) is 60.7 Å². The summed E-state index contributed by atoms with van der Waals surface area (Å²) in [5.41, 5.74) is 10.2. The minimum absolute atomic E-state index is 0.0888. The molecule has 0 bridgehead atoms. The molecule has 0 N–H and O–H groups in total. The standard InChI is InChI=1S/C27H29BO/c1-18-15-19(2)26(20(3)16-18)28-24-10-8-7-9-22(24)17-25(29-28)21-11-13-23(14-12-21)27(4,5)6/h7-17H,1-6H3. The van der Waals surface area contributed by atoms with Gasteiger partial charge in [0.15, 0.2) is 0 Å². The summed E-state index contributed by atoms with van der Waals surface area (Å²) in [5.74, 6) is 0.938. The van der Waals surface area contributed by atoms with Crippen molar-refractivity contribution < 1.29 is 4.65 Å². The van der Waals surface area contributed by atoms with Crippen LogP contribution in [-0.2, 0) is 10.1 Å². The molecule has 3 aromatic carbocycles. The molecule has 0 aromatic heterocycles. The molecule has 0 atom stereocenters. The summed E-state index contributed by atoms with van der Waals surface area (Å²) in [4.78, 5) is 0. The van der Waals surface area contributed by atoms with Gasteiger partial charge in [-0.3, -0.25) is 0 Å². The van der Waals surface area contributed by atoms with Gasteiger partial charge in [-0.05, 0) is 54.3 Å². The maximum atomic E-state index is 6.67.